The minimum atomic E-state index is -3.56. The summed E-state index contributed by atoms with van der Waals surface area (Å²) >= 11 is -3.56. The fraction of sp³-hybridized carbons (Fsp3) is 1.00. The quantitative estimate of drug-likeness (QED) is 0.329. The molecule has 1 spiro atoms. The van der Waals surface area contributed by atoms with Gasteiger partial charge in [-0.15, -0.1) is 0 Å². The minimum absolute atomic E-state index is 0.00241. The molecule has 2 fully saturated rings. The molecular weight excluding hydrogens is 556 g/mol. The van der Waals surface area contributed by atoms with Crippen molar-refractivity contribution in [1.29, 1.82) is 0 Å². The van der Waals surface area contributed by atoms with Gasteiger partial charge in [-0.05, 0) is 0 Å². The van der Waals surface area contributed by atoms with Crippen molar-refractivity contribution in [2.75, 3.05) is 0 Å². The van der Waals surface area contributed by atoms with Crippen molar-refractivity contribution in [2.45, 2.75) is 158 Å². The van der Waals surface area contributed by atoms with Gasteiger partial charge in [-0.1, -0.05) is 0 Å². The summed E-state index contributed by atoms with van der Waals surface area (Å²) in [5, 5.41) is 5.22. The van der Waals surface area contributed by atoms with E-state index in [2.05, 4.69) is 149 Å². The molecule has 6 nitrogen and oxygen atoms in total. The van der Waals surface area contributed by atoms with Crippen LogP contribution in [0.1, 0.15) is 125 Å². The molecule has 0 N–H and O–H groups in total. The first-order valence-corrected chi connectivity index (χ1v) is 17.1. The molecule has 0 amide bonds. The summed E-state index contributed by atoms with van der Waals surface area (Å²) < 4.78 is 11.3. The Bertz CT molecular complexity index is 570. The molecule has 2 aliphatic rings. The first kappa shape index (κ1) is 27.7. The van der Waals surface area contributed by atoms with Gasteiger partial charge in [-0.25, -0.2) is 0 Å². The third-order valence-corrected chi connectivity index (χ3v) is 21.9. The van der Waals surface area contributed by atoms with Crippen LogP contribution < -0.4 is 0 Å². The Hall–Kier alpha value is 0.448. The van der Waals surface area contributed by atoms with Gasteiger partial charge in [0.15, 0.2) is 0 Å². The second-order valence-electron chi connectivity index (χ2n) is 15.2. The molecule has 186 valence electrons. The molecule has 2 rings (SSSR count). The van der Waals surface area contributed by atoms with E-state index in [9.17, 15) is 0 Å². The van der Waals surface area contributed by atoms with Crippen molar-refractivity contribution in [2.24, 2.45) is 0 Å². The molecule has 0 atom stereocenters. The molecule has 0 radical (unpaired) electrons. The molecule has 31 heavy (non-hydrogen) atoms. The van der Waals surface area contributed by atoms with Gasteiger partial charge in [0.05, 0.1) is 0 Å². The Morgan fingerprint density at radius 2 is 0.452 bits per heavy atom. The van der Waals surface area contributed by atoms with Gasteiger partial charge in [-0.3, -0.25) is 0 Å². The third kappa shape index (κ3) is 4.22. The molecule has 0 saturated carbocycles. The van der Waals surface area contributed by atoms with Gasteiger partial charge in [0.1, 0.15) is 0 Å². The van der Waals surface area contributed by atoms with Gasteiger partial charge in [0.25, 0.3) is 0 Å². The monoisotopic (exact) mass is 610 g/mol. The Kier molecular flexibility index (Phi) is 6.45. The van der Waals surface area contributed by atoms with E-state index in [0.717, 1.165) is 0 Å². The molecule has 0 aromatic carbocycles. The molecule has 0 aromatic heterocycles. The van der Waals surface area contributed by atoms with Gasteiger partial charge in [-0.2, -0.15) is 0 Å². The van der Waals surface area contributed by atoms with Crippen molar-refractivity contribution in [3.63, 3.8) is 0 Å². The normalized spacial score (nSPS) is 25.6. The Morgan fingerprint density at radius 3 is 0.548 bits per heavy atom. The van der Waals surface area contributed by atoms with Crippen LogP contribution in [0.15, 0.2) is 0 Å². The summed E-state index contributed by atoms with van der Waals surface area (Å²) in [4.78, 5) is 0. The molecule has 0 bridgehead atoms. The molecular formula is C24H54N6W. The van der Waals surface area contributed by atoms with Crippen molar-refractivity contribution < 1.29 is 17.1 Å². The molecule has 0 aromatic rings. The summed E-state index contributed by atoms with van der Waals surface area (Å²) in [5.41, 5.74) is 0.0560. The summed E-state index contributed by atoms with van der Waals surface area (Å²) in [6, 6.07) is 0. The van der Waals surface area contributed by atoms with Crippen LogP contribution in [0.3, 0.4) is 0 Å². The number of hydrogen-bond donors (Lipinski definition) is 0. The fourth-order valence-electron chi connectivity index (χ4n) is 4.64. The molecule has 0 aliphatic carbocycles. The molecule has 7 heteroatoms. The standard InChI is InChI=1S/2C12H27N3.W/c2*1-10(2,3)13-15(12(7,8)9)14-11(4,5)6;/h2*1-9H3;/q2*-2;+4. The predicted molar refractivity (Wildman–Crippen MR) is 130 cm³/mol. The van der Waals surface area contributed by atoms with Crippen LogP contribution >= 0.6 is 0 Å². The maximum atomic E-state index is 2.84. The van der Waals surface area contributed by atoms with Crippen LogP contribution in [0.4, 0.5) is 0 Å². The van der Waals surface area contributed by atoms with Crippen molar-refractivity contribution in [3.05, 3.63) is 0 Å². The summed E-state index contributed by atoms with van der Waals surface area (Å²) in [7, 11) is 0. The van der Waals surface area contributed by atoms with Crippen LogP contribution in [0, 0.1) is 0 Å². The van der Waals surface area contributed by atoms with Crippen LogP contribution in [-0.4, -0.2) is 57.7 Å². The zero-order chi connectivity index (χ0) is 25.0. The summed E-state index contributed by atoms with van der Waals surface area (Å²) in [6.45, 7) is 42.9. The van der Waals surface area contributed by atoms with Gasteiger partial charge >= 0.3 is 199 Å². The zero-order valence-corrected chi connectivity index (χ0v) is 27.0. The number of hydrazine groups is 4. The second kappa shape index (κ2) is 7.23. The first-order chi connectivity index (χ1) is 13.2. The van der Waals surface area contributed by atoms with Crippen LogP contribution in [0.25, 0.3) is 0 Å². The van der Waals surface area contributed by atoms with Crippen LogP contribution in [0.2, 0.25) is 0 Å². The second-order valence-corrected chi connectivity index (χ2v) is 23.7. The van der Waals surface area contributed by atoms with E-state index < -0.39 is 17.1 Å². The van der Waals surface area contributed by atoms with E-state index >= 15 is 0 Å². The number of rotatable bonds is 0. The summed E-state index contributed by atoms with van der Waals surface area (Å²) in [6.07, 6.45) is 0. The van der Waals surface area contributed by atoms with E-state index in [1.54, 1.807) is 0 Å². The Balaban J connectivity index is 2.96. The van der Waals surface area contributed by atoms with Gasteiger partial charge in [0, 0.05) is 0 Å². The molecule has 2 heterocycles. The van der Waals surface area contributed by atoms with E-state index in [4.69, 9.17) is 0 Å². The first-order valence-electron chi connectivity index (χ1n) is 11.9. The van der Waals surface area contributed by atoms with Crippen molar-refractivity contribution in [1.82, 2.24) is 24.5 Å². The van der Waals surface area contributed by atoms with E-state index in [0.29, 0.717) is 0 Å². The summed E-state index contributed by atoms with van der Waals surface area (Å²) in [5.74, 6) is 0. The Labute approximate surface area is 199 Å². The Morgan fingerprint density at radius 1 is 0.290 bits per heavy atom. The average Bonchev–Trinajstić information content (AvgIpc) is 2.23. The zero-order valence-electron chi connectivity index (χ0n) is 24.1. The van der Waals surface area contributed by atoms with Crippen molar-refractivity contribution >= 4 is 0 Å². The van der Waals surface area contributed by atoms with Crippen LogP contribution in [0.5, 0.6) is 0 Å². The molecule has 2 saturated heterocycles. The van der Waals surface area contributed by atoms with E-state index in [1.807, 2.05) is 0 Å². The maximum absolute atomic E-state index is 3.56. The third-order valence-electron chi connectivity index (χ3n) is 5.11. The molecule has 2 aliphatic heterocycles. The number of nitrogens with zero attached hydrogens (tertiary/aromatic N) is 6. The van der Waals surface area contributed by atoms with E-state index in [-0.39, 0.29) is 33.2 Å². The van der Waals surface area contributed by atoms with Crippen molar-refractivity contribution in [3.8, 4) is 0 Å². The fourth-order valence-corrected chi connectivity index (χ4v) is 25.2. The van der Waals surface area contributed by atoms with Gasteiger partial charge in [0.2, 0.25) is 0 Å². The predicted octanol–water partition coefficient (Wildman–Crippen LogP) is 6.09. The average molecular weight is 611 g/mol. The topological polar surface area (TPSA) is 19.4 Å². The van der Waals surface area contributed by atoms with E-state index in [1.165, 1.54) is 0 Å². The number of hydrogen-bond acceptors (Lipinski definition) is 6. The van der Waals surface area contributed by atoms with Gasteiger partial charge < -0.3 is 0 Å². The van der Waals surface area contributed by atoms with Crippen LogP contribution in [-0.2, 0) is 17.1 Å². The SMILES string of the molecule is CC(C)(C)N1[N](C(C)(C)C)[W]2([N]1C(C)(C)C)[N](C(C)(C)C)N(C(C)(C)C)[N]2C(C)(C)C. The molecule has 0 unspecified atom stereocenters.